The van der Waals surface area contributed by atoms with Crippen molar-refractivity contribution in [2.75, 3.05) is 39.6 Å². The average molecular weight is 563 g/mol. The van der Waals surface area contributed by atoms with E-state index in [1.807, 2.05) is 0 Å². The standard InChI is InChI=1S/C24H34O15/c1-7-9-32-19(25)15(3)36-21(27)17(5)38-23(29)34-13-11-31-12-14-35-24(30)39-18(6)22(28)37-16(4)20(26)33-10-8-2/h7-8,15-18H,1-2,9-14H2,3-6H3/t15-,16+,17-,18-/m0/s1. The van der Waals surface area contributed by atoms with Gasteiger partial charge in [-0.1, -0.05) is 25.3 Å². The van der Waals surface area contributed by atoms with Gasteiger partial charge in [0.2, 0.25) is 0 Å². The van der Waals surface area contributed by atoms with Crippen molar-refractivity contribution in [1.29, 1.82) is 0 Å². The predicted octanol–water partition coefficient (Wildman–Crippen LogP) is 1.41. The van der Waals surface area contributed by atoms with Crippen LogP contribution in [0.25, 0.3) is 0 Å². The fourth-order valence-electron chi connectivity index (χ4n) is 2.08. The highest BCUT2D eigenvalue weighted by atomic mass is 16.7. The van der Waals surface area contributed by atoms with Crippen LogP contribution in [-0.4, -0.2) is 100 Å². The summed E-state index contributed by atoms with van der Waals surface area (Å²) < 4.78 is 43.1. The van der Waals surface area contributed by atoms with Gasteiger partial charge in [-0.2, -0.15) is 0 Å². The summed E-state index contributed by atoms with van der Waals surface area (Å²) >= 11 is 0. The monoisotopic (exact) mass is 562 g/mol. The number of ether oxygens (including phenoxy) is 9. The van der Waals surface area contributed by atoms with Gasteiger partial charge in [-0.25, -0.2) is 28.8 Å². The lowest BCUT2D eigenvalue weighted by molar-refractivity contribution is -0.171. The number of hydrogen-bond acceptors (Lipinski definition) is 15. The van der Waals surface area contributed by atoms with E-state index >= 15 is 0 Å². The van der Waals surface area contributed by atoms with Crippen LogP contribution in [0.3, 0.4) is 0 Å². The second kappa shape index (κ2) is 19.9. The first kappa shape index (κ1) is 34.9. The molecule has 4 atom stereocenters. The third kappa shape index (κ3) is 16.3. The number of rotatable bonds is 18. The van der Waals surface area contributed by atoms with E-state index < -0.39 is 60.6 Å². The van der Waals surface area contributed by atoms with E-state index in [0.29, 0.717) is 0 Å². The molecule has 0 aromatic heterocycles. The van der Waals surface area contributed by atoms with Crippen LogP contribution in [0.5, 0.6) is 0 Å². The minimum atomic E-state index is -1.36. The lowest BCUT2D eigenvalue weighted by atomic mass is 10.4. The summed E-state index contributed by atoms with van der Waals surface area (Å²) in [6.07, 6.45) is -4.83. The average Bonchev–Trinajstić information content (AvgIpc) is 2.89. The maximum absolute atomic E-state index is 11.9. The maximum atomic E-state index is 11.9. The molecule has 0 spiro atoms. The van der Waals surface area contributed by atoms with Crippen molar-refractivity contribution < 1.29 is 71.4 Å². The second-order valence-corrected chi connectivity index (χ2v) is 7.33. The van der Waals surface area contributed by atoms with Crippen LogP contribution >= 0.6 is 0 Å². The third-order valence-electron chi connectivity index (χ3n) is 4.04. The van der Waals surface area contributed by atoms with E-state index in [1.165, 1.54) is 39.8 Å². The first-order chi connectivity index (χ1) is 18.4. The number of carbonyl (C=O) groups is 6. The minimum Gasteiger partial charge on any atom is -0.459 e. The third-order valence-corrected chi connectivity index (χ3v) is 4.04. The lowest BCUT2D eigenvalue weighted by Gasteiger charge is -2.16. The Hall–Kier alpha value is -4.14. The number of carbonyl (C=O) groups excluding carboxylic acids is 6. The molecule has 15 heteroatoms. The zero-order valence-electron chi connectivity index (χ0n) is 22.2. The molecule has 0 saturated carbocycles. The SMILES string of the molecule is C=CCOC(=O)[C@H](C)OC(=O)[C@H](C)OC(=O)OCCOCCOC(=O)O[C@@H](C)C(=O)O[C@H](C)C(=O)OCC=C. The van der Waals surface area contributed by atoms with Crippen LogP contribution in [0.4, 0.5) is 9.59 Å². The molecule has 220 valence electrons. The molecule has 0 aliphatic heterocycles. The van der Waals surface area contributed by atoms with Gasteiger partial charge in [0.15, 0.2) is 24.4 Å². The molecule has 0 rings (SSSR count). The molecule has 0 bridgehead atoms. The summed E-state index contributed by atoms with van der Waals surface area (Å²) in [6.45, 7) is 10.9. The summed E-state index contributed by atoms with van der Waals surface area (Å²) in [4.78, 5) is 70.2. The van der Waals surface area contributed by atoms with Crippen molar-refractivity contribution in [3.63, 3.8) is 0 Å². The lowest BCUT2D eigenvalue weighted by Crippen LogP contribution is -2.33. The fraction of sp³-hybridized carbons (Fsp3) is 0.583. The Morgan fingerprint density at radius 3 is 1.18 bits per heavy atom. The van der Waals surface area contributed by atoms with Crippen molar-refractivity contribution in [2.45, 2.75) is 52.1 Å². The molecule has 0 radical (unpaired) electrons. The van der Waals surface area contributed by atoms with Gasteiger partial charge in [0.05, 0.1) is 13.2 Å². The number of esters is 4. The van der Waals surface area contributed by atoms with Crippen molar-refractivity contribution in [3.8, 4) is 0 Å². The Bertz CT molecular complexity index is 784. The summed E-state index contributed by atoms with van der Waals surface area (Å²) in [5.74, 6) is -3.56. The Kier molecular flexibility index (Phi) is 17.8. The Labute approximate surface area is 225 Å². The van der Waals surface area contributed by atoms with Crippen LogP contribution in [0.1, 0.15) is 27.7 Å². The normalized spacial score (nSPS) is 13.2. The zero-order valence-corrected chi connectivity index (χ0v) is 22.2. The molecular weight excluding hydrogens is 528 g/mol. The Balaban J connectivity index is 4.03. The molecule has 15 nitrogen and oxygen atoms in total. The van der Waals surface area contributed by atoms with Gasteiger partial charge in [-0.05, 0) is 27.7 Å². The fourth-order valence-corrected chi connectivity index (χ4v) is 2.08. The molecule has 0 N–H and O–H groups in total. The smallest absolute Gasteiger partial charge is 0.459 e. The van der Waals surface area contributed by atoms with Gasteiger partial charge in [0.1, 0.15) is 26.4 Å². The van der Waals surface area contributed by atoms with Crippen LogP contribution in [0.2, 0.25) is 0 Å². The Morgan fingerprint density at radius 2 is 0.846 bits per heavy atom. The van der Waals surface area contributed by atoms with E-state index in [4.69, 9.17) is 42.6 Å². The van der Waals surface area contributed by atoms with E-state index in [-0.39, 0.29) is 39.6 Å². The quantitative estimate of drug-likeness (QED) is 0.101. The molecule has 0 unspecified atom stereocenters. The van der Waals surface area contributed by atoms with Crippen molar-refractivity contribution in [1.82, 2.24) is 0 Å². The summed E-state index contributed by atoms with van der Waals surface area (Å²) in [5, 5.41) is 0. The van der Waals surface area contributed by atoms with E-state index in [1.54, 1.807) is 0 Å². The van der Waals surface area contributed by atoms with E-state index in [2.05, 4.69) is 13.2 Å². The maximum Gasteiger partial charge on any atom is 0.509 e. The number of hydrogen-bond donors (Lipinski definition) is 0. The predicted molar refractivity (Wildman–Crippen MR) is 128 cm³/mol. The minimum absolute atomic E-state index is 0.0514. The van der Waals surface area contributed by atoms with E-state index in [0.717, 1.165) is 0 Å². The van der Waals surface area contributed by atoms with Gasteiger partial charge >= 0.3 is 36.2 Å². The molecule has 0 aliphatic rings. The molecule has 0 aromatic rings. The summed E-state index contributed by atoms with van der Waals surface area (Å²) in [6, 6.07) is 0. The molecule has 0 amide bonds. The highest BCUT2D eigenvalue weighted by Gasteiger charge is 2.27. The highest BCUT2D eigenvalue weighted by Crippen LogP contribution is 2.04. The summed E-state index contributed by atoms with van der Waals surface area (Å²) in [5.41, 5.74) is 0. The van der Waals surface area contributed by atoms with Crippen LogP contribution < -0.4 is 0 Å². The largest absolute Gasteiger partial charge is 0.509 e. The van der Waals surface area contributed by atoms with Gasteiger partial charge < -0.3 is 42.6 Å². The first-order valence-corrected chi connectivity index (χ1v) is 11.6. The molecule has 0 aliphatic carbocycles. The van der Waals surface area contributed by atoms with Gasteiger partial charge in [0.25, 0.3) is 0 Å². The Morgan fingerprint density at radius 1 is 0.513 bits per heavy atom. The van der Waals surface area contributed by atoms with Gasteiger partial charge in [-0.15, -0.1) is 0 Å². The molecule has 0 fully saturated rings. The summed E-state index contributed by atoms with van der Waals surface area (Å²) in [7, 11) is 0. The molecule has 0 saturated heterocycles. The van der Waals surface area contributed by atoms with Crippen molar-refractivity contribution in [3.05, 3.63) is 25.3 Å². The van der Waals surface area contributed by atoms with Gasteiger partial charge in [0, 0.05) is 0 Å². The van der Waals surface area contributed by atoms with Crippen molar-refractivity contribution >= 4 is 36.2 Å². The second-order valence-electron chi connectivity index (χ2n) is 7.33. The van der Waals surface area contributed by atoms with Crippen LogP contribution in [-0.2, 0) is 61.8 Å². The van der Waals surface area contributed by atoms with Crippen molar-refractivity contribution in [2.24, 2.45) is 0 Å². The van der Waals surface area contributed by atoms with Crippen LogP contribution in [0, 0.1) is 0 Å². The first-order valence-electron chi connectivity index (χ1n) is 11.6. The molecule has 39 heavy (non-hydrogen) atoms. The van der Waals surface area contributed by atoms with E-state index in [9.17, 15) is 28.8 Å². The topological polar surface area (TPSA) is 185 Å². The highest BCUT2D eigenvalue weighted by molar-refractivity contribution is 5.82. The zero-order chi connectivity index (χ0) is 29.8. The molecular formula is C24H34O15. The molecule has 0 aromatic carbocycles. The van der Waals surface area contributed by atoms with Gasteiger partial charge in [-0.3, -0.25) is 0 Å². The van der Waals surface area contributed by atoms with Crippen LogP contribution in [0.15, 0.2) is 25.3 Å². The molecule has 0 heterocycles.